The lowest BCUT2D eigenvalue weighted by molar-refractivity contribution is -0.155. The van der Waals surface area contributed by atoms with Gasteiger partial charge in [0.1, 0.15) is 0 Å². The van der Waals surface area contributed by atoms with Crippen LogP contribution in [0.3, 0.4) is 0 Å². The summed E-state index contributed by atoms with van der Waals surface area (Å²) in [6.07, 6.45) is 7.66. The van der Waals surface area contributed by atoms with Gasteiger partial charge in [0.05, 0.1) is 12.5 Å². The zero-order valence-electron chi connectivity index (χ0n) is 11.0. The van der Waals surface area contributed by atoms with Crippen molar-refractivity contribution in [1.29, 1.82) is 0 Å². The molecule has 2 heterocycles. The summed E-state index contributed by atoms with van der Waals surface area (Å²) in [5.74, 6) is 3.23. The van der Waals surface area contributed by atoms with Crippen molar-refractivity contribution in [2.45, 2.75) is 44.6 Å². The number of hydrogen-bond donors (Lipinski definition) is 0. The number of nitrogens with zero attached hydrogens (tertiary/aromatic N) is 1. The highest BCUT2D eigenvalue weighted by atomic mass is 16.5. The predicted molar refractivity (Wildman–Crippen MR) is 68.0 cm³/mol. The molecule has 2 saturated carbocycles. The van der Waals surface area contributed by atoms with Crippen LogP contribution >= 0.6 is 0 Å². The molecule has 18 heavy (non-hydrogen) atoms. The summed E-state index contributed by atoms with van der Waals surface area (Å²) in [6.45, 7) is 2.57. The van der Waals surface area contributed by atoms with Gasteiger partial charge in [-0.05, 0) is 50.4 Å². The topological polar surface area (TPSA) is 29.5 Å². The molecule has 100 valence electrons. The molecular formula is C15H23NO2. The van der Waals surface area contributed by atoms with E-state index in [-0.39, 0.29) is 5.92 Å². The summed E-state index contributed by atoms with van der Waals surface area (Å²) in [7, 11) is 0. The third-order valence-corrected chi connectivity index (χ3v) is 5.33. The van der Waals surface area contributed by atoms with Crippen molar-refractivity contribution in [3.8, 4) is 0 Å². The fraction of sp³-hybridized carbons (Fsp3) is 0.933. The number of rotatable bonds is 3. The van der Waals surface area contributed by atoms with Crippen LogP contribution < -0.4 is 0 Å². The monoisotopic (exact) mass is 249 g/mol. The average Bonchev–Trinajstić information content (AvgIpc) is 3.22. The molecule has 4 aliphatic rings. The van der Waals surface area contributed by atoms with Crippen LogP contribution in [-0.4, -0.2) is 36.6 Å². The molecule has 3 atom stereocenters. The van der Waals surface area contributed by atoms with Gasteiger partial charge < -0.3 is 9.64 Å². The molecule has 0 radical (unpaired) electrons. The van der Waals surface area contributed by atoms with Gasteiger partial charge in [-0.15, -0.1) is 0 Å². The van der Waals surface area contributed by atoms with Crippen molar-refractivity contribution in [3.05, 3.63) is 0 Å². The Kier molecular flexibility index (Phi) is 2.65. The van der Waals surface area contributed by atoms with Crippen LogP contribution in [0.15, 0.2) is 0 Å². The molecule has 0 spiro atoms. The van der Waals surface area contributed by atoms with Crippen LogP contribution in [-0.2, 0) is 9.53 Å². The van der Waals surface area contributed by atoms with Gasteiger partial charge in [-0.1, -0.05) is 0 Å². The molecule has 2 aliphatic carbocycles. The summed E-state index contributed by atoms with van der Waals surface area (Å²) < 4.78 is 5.47. The fourth-order valence-corrected chi connectivity index (χ4v) is 3.95. The van der Waals surface area contributed by atoms with Gasteiger partial charge in [-0.25, -0.2) is 0 Å². The number of carbonyl (C=O) groups excluding carboxylic acids is 1. The molecule has 0 unspecified atom stereocenters. The Morgan fingerprint density at radius 1 is 1.06 bits per heavy atom. The molecule has 0 aromatic heterocycles. The molecular weight excluding hydrogens is 226 g/mol. The van der Waals surface area contributed by atoms with Gasteiger partial charge in [-0.2, -0.15) is 0 Å². The molecule has 3 heteroatoms. The Morgan fingerprint density at radius 3 is 2.44 bits per heavy atom. The Hall–Kier alpha value is -0.570. The fourth-order valence-electron chi connectivity index (χ4n) is 3.95. The second-order valence-corrected chi connectivity index (χ2v) is 6.73. The molecule has 0 bridgehead atoms. The van der Waals surface area contributed by atoms with Crippen LogP contribution in [0.25, 0.3) is 0 Å². The Morgan fingerprint density at radius 2 is 1.83 bits per heavy atom. The second-order valence-electron chi connectivity index (χ2n) is 6.73. The van der Waals surface area contributed by atoms with E-state index in [1.165, 1.54) is 25.7 Å². The van der Waals surface area contributed by atoms with Gasteiger partial charge in [0.15, 0.2) is 0 Å². The number of amides is 1. The summed E-state index contributed by atoms with van der Waals surface area (Å²) in [4.78, 5) is 14.8. The number of ether oxygens (including phenoxy) is 1. The van der Waals surface area contributed by atoms with E-state index >= 15 is 0 Å². The van der Waals surface area contributed by atoms with Crippen molar-refractivity contribution in [2.75, 3.05) is 19.8 Å². The maximum atomic E-state index is 12.6. The molecule has 4 fully saturated rings. The maximum absolute atomic E-state index is 12.6. The Bertz CT molecular complexity index is 342. The lowest BCUT2D eigenvalue weighted by Crippen LogP contribution is -2.62. The van der Waals surface area contributed by atoms with Crippen LogP contribution in [0.1, 0.15) is 38.5 Å². The van der Waals surface area contributed by atoms with E-state index in [0.717, 1.165) is 43.7 Å². The lowest BCUT2D eigenvalue weighted by Gasteiger charge is -2.50. The highest BCUT2D eigenvalue weighted by Crippen LogP contribution is 2.52. The quantitative estimate of drug-likeness (QED) is 0.766. The Balaban J connectivity index is 1.42. The SMILES string of the molecule is O=C([C@@H]1CCCOC1)N1C[C@@H](C2CC2)[C@@H]1C1CC1. The minimum Gasteiger partial charge on any atom is -0.381 e. The summed E-state index contributed by atoms with van der Waals surface area (Å²) in [6, 6.07) is 0.618. The molecule has 0 aromatic carbocycles. The zero-order valence-corrected chi connectivity index (χ0v) is 11.0. The third-order valence-electron chi connectivity index (χ3n) is 5.33. The van der Waals surface area contributed by atoms with Crippen LogP contribution in [0.2, 0.25) is 0 Å². The van der Waals surface area contributed by atoms with Crippen LogP contribution in [0.5, 0.6) is 0 Å². The molecule has 4 rings (SSSR count). The predicted octanol–water partition coefficient (Wildman–Crippen LogP) is 2.06. The average molecular weight is 249 g/mol. The first kappa shape index (κ1) is 11.3. The van der Waals surface area contributed by atoms with E-state index in [2.05, 4.69) is 4.90 Å². The van der Waals surface area contributed by atoms with Crippen LogP contribution in [0.4, 0.5) is 0 Å². The molecule has 2 aliphatic heterocycles. The minimum atomic E-state index is 0.167. The van der Waals surface area contributed by atoms with Crippen molar-refractivity contribution < 1.29 is 9.53 Å². The van der Waals surface area contributed by atoms with E-state index in [9.17, 15) is 4.79 Å². The maximum Gasteiger partial charge on any atom is 0.228 e. The molecule has 2 saturated heterocycles. The zero-order chi connectivity index (χ0) is 12.1. The first-order valence-electron chi connectivity index (χ1n) is 7.73. The molecule has 0 aromatic rings. The number of hydrogen-bond acceptors (Lipinski definition) is 2. The Labute approximate surface area is 109 Å². The van der Waals surface area contributed by atoms with Gasteiger partial charge in [-0.3, -0.25) is 4.79 Å². The highest BCUT2D eigenvalue weighted by Gasteiger charge is 2.55. The smallest absolute Gasteiger partial charge is 0.228 e. The van der Waals surface area contributed by atoms with Crippen molar-refractivity contribution >= 4 is 5.91 Å². The van der Waals surface area contributed by atoms with E-state index in [1.807, 2.05) is 0 Å². The molecule has 3 nitrogen and oxygen atoms in total. The first-order valence-corrected chi connectivity index (χ1v) is 7.73. The lowest BCUT2D eigenvalue weighted by atomic mass is 9.80. The third kappa shape index (κ3) is 1.87. The molecule has 1 amide bonds. The van der Waals surface area contributed by atoms with Gasteiger partial charge in [0.25, 0.3) is 0 Å². The van der Waals surface area contributed by atoms with Gasteiger partial charge in [0, 0.05) is 25.1 Å². The summed E-state index contributed by atoms with van der Waals surface area (Å²) in [5.41, 5.74) is 0. The second kappa shape index (κ2) is 4.22. The van der Waals surface area contributed by atoms with E-state index in [1.54, 1.807) is 0 Å². The summed E-state index contributed by atoms with van der Waals surface area (Å²) in [5, 5.41) is 0. The normalized spacial score (nSPS) is 40.4. The first-order chi connectivity index (χ1) is 8.84. The van der Waals surface area contributed by atoms with Gasteiger partial charge in [0.2, 0.25) is 5.91 Å². The largest absolute Gasteiger partial charge is 0.381 e. The van der Waals surface area contributed by atoms with Crippen molar-refractivity contribution in [3.63, 3.8) is 0 Å². The number of likely N-dealkylation sites (tertiary alicyclic amines) is 1. The van der Waals surface area contributed by atoms with Crippen molar-refractivity contribution in [1.82, 2.24) is 4.90 Å². The van der Waals surface area contributed by atoms with Crippen molar-refractivity contribution in [2.24, 2.45) is 23.7 Å². The number of carbonyl (C=O) groups is 1. The van der Waals surface area contributed by atoms with E-state index in [0.29, 0.717) is 18.6 Å². The highest BCUT2D eigenvalue weighted by molar-refractivity contribution is 5.80. The summed E-state index contributed by atoms with van der Waals surface area (Å²) >= 11 is 0. The van der Waals surface area contributed by atoms with E-state index < -0.39 is 0 Å². The minimum absolute atomic E-state index is 0.167. The van der Waals surface area contributed by atoms with E-state index in [4.69, 9.17) is 4.74 Å². The van der Waals surface area contributed by atoms with Crippen LogP contribution in [0, 0.1) is 23.7 Å². The molecule has 0 N–H and O–H groups in total. The van der Waals surface area contributed by atoms with Gasteiger partial charge >= 0.3 is 0 Å². The standard InChI is InChI=1S/C15H23NO2/c17-15(12-2-1-7-18-9-12)16-8-13(10-3-4-10)14(16)11-5-6-11/h10-14H,1-9H2/t12-,13+,14+/m1/s1.